The Morgan fingerprint density at radius 2 is 1.91 bits per heavy atom. The quantitative estimate of drug-likeness (QED) is 0.759. The first-order valence-corrected chi connectivity index (χ1v) is 9.92. The van der Waals surface area contributed by atoms with Crippen LogP contribution in [0.25, 0.3) is 0 Å². The molecule has 0 aliphatic carbocycles. The molecule has 2 N–H and O–H groups in total. The summed E-state index contributed by atoms with van der Waals surface area (Å²) in [4.78, 5) is 4.99. The molecule has 0 spiro atoms. The first-order valence-electron chi connectivity index (χ1n) is 8.53. The lowest BCUT2D eigenvalue weighted by Gasteiger charge is -2.36. The zero-order valence-electron chi connectivity index (χ0n) is 14.7. The van der Waals surface area contributed by atoms with Crippen molar-refractivity contribution >= 4 is 17.4 Å². The zero-order chi connectivity index (χ0) is 16.7. The number of thioether (sulfide) groups is 1. The van der Waals surface area contributed by atoms with Crippen molar-refractivity contribution < 1.29 is 5.11 Å². The average Bonchev–Trinajstić information content (AvgIpc) is 2.55. The summed E-state index contributed by atoms with van der Waals surface area (Å²) in [5, 5.41) is 13.7. The summed E-state index contributed by atoms with van der Waals surface area (Å²) >= 11 is 1.68. The van der Waals surface area contributed by atoms with Crippen LogP contribution in [0.15, 0.2) is 24.3 Å². The monoisotopic (exact) mass is 337 g/mol. The molecule has 4 nitrogen and oxygen atoms in total. The van der Waals surface area contributed by atoms with Crippen LogP contribution in [0.2, 0.25) is 0 Å². The normalized spacial score (nSPS) is 18.9. The molecule has 5 heteroatoms. The number of hydrogen-bond acceptors (Lipinski definition) is 5. The molecule has 1 saturated heterocycles. The smallest absolute Gasteiger partial charge is 0.0833 e. The van der Waals surface area contributed by atoms with E-state index in [1.807, 2.05) is 13.2 Å². The minimum absolute atomic E-state index is 0.617. The van der Waals surface area contributed by atoms with E-state index in [9.17, 15) is 5.11 Å². The lowest BCUT2D eigenvalue weighted by molar-refractivity contribution is 0.0846. The van der Waals surface area contributed by atoms with E-state index in [4.69, 9.17) is 0 Å². The number of anilines is 1. The Morgan fingerprint density at radius 3 is 2.57 bits per heavy atom. The summed E-state index contributed by atoms with van der Waals surface area (Å²) in [6.07, 6.45) is 2.03. The van der Waals surface area contributed by atoms with Crippen molar-refractivity contribution in [2.45, 2.75) is 26.0 Å². The van der Waals surface area contributed by atoms with Gasteiger partial charge in [0, 0.05) is 50.7 Å². The van der Waals surface area contributed by atoms with Gasteiger partial charge >= 0.3 is 0 Å². The first kappa shape index (κ1) is 18.6. The van der Waals surface area contributed by atoms with Crippen molar-refractivity contribution in [2.24, 2.45) is 0 Å². The van der Waals surface area contributed by atoms with E-state index in [2.05, 4.69) is 46.3 Å². The number of hydrogen-bond donors (Lipinski definition) is 2. The van der Waals surface area contributed by atoms with Gasteiger partial charge in [0.15, 0.2) is 0 Å². The second kappa shape index (κ2) is 8.92. The molecule has 1 aromatic carbocycles. The van der Waals surface area contributed by atoms with Crippen LogP contribution in [0.4, 0.5) is 5.69 Å². The number of likely N-dealkylation sites (N-methyl/N-ethyl adjacent to an activating group) is 1. The predicted molar refractivity (Wildman–Crippen MR) is 101 cm³/mol. The molecular formula is C18H31N3OS. The number of aliphatic hydroxyl groups is 1. The fourth-order valence-electron chi connectivity index (χ4n) is 3.10. The number of para-hydroxylation sites is 1. The van der Waals surface area contributed by atoms with Gasteiger partial charge in [0.1, 0.15) is 0 Å². The molecule has 1 aromatic rings. The number of piperazine rings is 1. The Labute approximate surface area is 145 Å². The molecule has 1 atom stereocenters. The summed E-state index contributed by atoms with van der Waals surface area (Å²) in [6.45, 7) is 11.1. The third-order valence-corrected chi connectivity index (χ3v) is 5.34. The van der Waals surface area contributed by atoms with Crippen LogP contribution in [-0.2, 0) is 6.54 Å². The van der Waals surface area contributed by atoms with Crippen LogP contribution in [0.5, 0.6) is 0 Å². The zero-order valence-corrected chi connectivity index (χ0v) is 15.5. The van der Waals surface area contributed by atoms with Crippen molar-refractivity contribution in [3.63, 3.8) is 0 Å². The maximum atomic E-state index is 10.3. The molecule has 0 aromatic heterocycles. The van der Waals surface area contributed by atoms with Crippen LogP contribution in [0.1, 0.15) is 19.4 Å². The van der Waals surface area contributed by atoms with Crippen LogP contribution in [-0.4, -0.2) is 66.9 Å². The Kier molecular flexibility index (Phi) is 7.21. The Morgan fingerprint density at radius 1 is 1.22 bits per heavy atom. The Hall–Kier alpha value is -0.750. The molecule has 0 saturated carbocycles. The lowest BCUT2D eigenvalue weighted by atomic mass is 10.1. The Bertz CT molecular complexity index is 473. The van der Waals surface area contributed by atoms with E-state index in [1.54, 1.807) is 11.8 Å². The minimum atomic E-state index is -0.652. The summed E-state index contributed by atoms with van der Waals surface area (Å²) in [5.74, 6) is 0.751. The van der Waals surface area contributed by atoms with Crippen LogP contribution >= 0.6 is 11.8 Å². The van der Waals surface area contributed by atoms with Gasteiger partial charge in [-0.3, -0.25) is 0 Å². The molecule has 2 rings (SSSR count). The van der Waals surface area contributed by atoms with Crippen molar-refractivity contribution in [1.82, 2.24) is 10.2 Å². The van der Waals surface area contributed by atoms with Gasteiger partial charge in [0.05, 0.1) is 5.60 Å². The van der Waals surface area contributed by atoms with E-state index in [1.165, 1.54) is 11.3 Å². The molecule has 23 heavy (non-hydrogen) atoms. The SMILES string of the molecule is CCN1CCN(c2ccccc2CNCC(C)(O)CSC)CC1. The van der Waals surface area contributed by atoms with Crippen LogP contribution in [0.3, 0.4) is 0 Å². The molecule has 1 unspecified atom stereocenters. The molecule has 0 bridgehead atoms. The number of nitrogens with zero attached hydrogens (tertiary/aromatic N) is 2. The van der Waals surface area contributed by atoms with E-state index in [-0.39, 0.29) is 0 Å². The van der Waals surface area contributed by atoms with Gasteiger partial charge in [-0.05, 0) is 31.4 Å². The average molecular weight is 338 g/mol. The molecule has 1 aliphatic rings. The fourth-order valence-corrected chi connectivity index (χ4v) is 3.83. The maximum absolute atomic E-state index is 10.3. The van der Waals surface area contributed by atoms with E-state index in [0.29, 0.717) is 6.54 Å². The van der Waals surface area contributed by atoms with Gasteiger partial charge < -0.3 is 20.2 Å². The minimum Gasteiger partial charge on any atom is -0.388 e. The highest BCUT2D eigenvalue weighted by Gasteiger charge is 2.20. The largest absolute Gasteiger partial charge is 0.388 e. The molecule has 130 valence electrons. The summed E-state index contributed by atoms with van der Waals surface area (Å²) in [6, 6.07) is 8.63. The third kappa shape index (κ3) is 5.68. The van der Waals surface area contributed by atoms with Crippen LogP contribution in [0, 0.1) is 0 Å². The van der Waals surface area contributed by atoms with E-state index >= 15 is 0 Å². The highest BCUT2D eigenvalue weighted by molar-refractivity contribution is 7.98. The third-order valence-electron chi connectivity index (χ3n) is 4.43. The Balaban J connectivity index is 1.93. The van der Waals surface area contributed by atoms with Crippen molar-refractivity contribution in [3.05, 3.63) is 29.8 Å². The number of rotatable bonds is 8. The predicted octanol–water partition coefficient (Wildman–Crippen LogP) is 2.03. The lowest BCUT2D eigenvalue weighted by Crippen LogP contribution is -2.46. The molecule has 0 amide bonds. The molecule has 1 fully saturated rings. The maximum Gasteiger partial charge on any atom is 0.0833 e. The molecular weight excluding hydrogens is 306 g/mol. The second-order valence-corrected chi connectivity index (χ2v) is 7.45. The molecule has 1 heterocycles. The first-order chi connectivity index (χ1) is 11.1. The van der Waals surface area contributed by atoms with Crippen LogP contribution < -0.4 is 10.2 Å². The van der Waals surface area contributed by atoms with Crippen molar-refractivity contribution in [3.8, 4) is 0 Å². The van der Waals surface area contributed by atoms with Crippen molar-refractivity contribution in [2.75, 3.05) is 56.2 Å². The van der Waals surface area contributed by atoms with Crippen molar-refractivity contribution in [1.29, 1.82) is 0 Å². The van der Waals surface area contributed by atoms with Gasteiger partial charge in [-0.25, -0.2) is 0 Å². The van der Waals surface area contributed by atoms with Gasteiger partial charge in [-0.1, -0.05) is 25.1 Å². The highest BCUT2D eigenvalue weighted by Crippen LogP contribution is 2.22. The molecule has 0 radical (unpaired) electrons. The standard InChI is InChI=1S/C18H31N3OS/c1-4-20-9-11-21(12-10-20)17-8-6-5-7-16(17)13-19-14-18(2,22)15-23-3/h5-8,19,22H,4,9-15H2,1-3H3. The van der Waals surface area contributed by atoms with Gasteiger partial charge in [-0.2, -0.15) is 11.8 Å². The summed E-state index contributed by atoms with van der Waals surface area (Å²) in [7, 11) is 0. The van der Waals surface area contributed by atoms with E-state index in [0.717, 1.165) is 45.0 Å². The van der Waals surface area contributed by atoms with Gasteiger partial charge in [0.2, 0.25) is 0 Å². The highest BCUT2D eigenvalue weighted by atomic mass is 32.2. The number of nitrogens with one attached hydrogen (secondary N) is 1. The summed E-state index contributed by atoms with van der Waals surface area (Å²) in [5.41, 5.74) is 2.00. The second-order valence-electron chi connectivity index (χ2n) is 6.58. The molecule has 1 aliphatic heterocycles. The number of benzene rings is 1. The topological polar surface area (TPSA) is 38.7 Å². The van der Waals surface area contributed by atoms with E-state index < -0.39 is 5.60 Å². The van der Waals surface area contributed by atoms with Gasteiger partial charge in [0.25, 0.3) is 0 Å². The van der Waals surface area contributed by atoms with Gasteiger partial charge in [-0.15, -0.1) is 0 Å². The fraction of sp³-hybridized carbons (Fsp3) is 0.667. The summed E-state index contributed by atoms with van der Waals surface area (Å²) < 4.78 is 0.